The maximum absolute atomic E-state index is 5.96. The highest BCUT2D eigenvalue weighted by molar-refractivity contribution is 6.20. The quantitative estimate of drug-likeness (QED) is 0.784. The minimum Gasteiger partial charge on any atom is -0.358 e. The fourth-order valence-corrected chi connectivity index (χ4v) is 1.90. The van der Waals surface area contributed by atoms with Crippen LogP contribution in [0.2, 0.25) is 0 Å². The molecular formula is C12H17ClN4. The molecule has 0 amide bonds. The molecule has 17 heavy (non-hydrogen) atoms. The third-order valence-electron chi connectivity index (χ3n) is 2.85. The Morgan fingerprint density at radius 1 is 1.47 bits per heavy atom. The van der Waals surface area contributed by atoms with E-state index in [1.54, 1.807) is 0 Å². The highest BCUT2D eigenvalue weighted by atomic mass is 35.5. The van der Waals surface area contributed by atoms with E-state index in [2.05, 4.69) is 14.9 Å². The average molecular weight is 253 g/mol. The lowest BCUT2D eigenvalue weighted by Crippen LogP contribution is -2.21. The van der Waals surface area contributed by atoms with Gasteiger partial charge in [-0.25, -0.2) is 9.97 Å². The first kappa shape index (κ1) is 12.2. The van der Waals surface area contributed by atoms with Crippen LogP contribution in [0.15, 0.2) is 18.6 Å². The van der Waals surface area contributed by atoms with Gasteiger partial charge < -0.3 is 9.47 Å². The third kappa shape index (κ3) is 2.52. The number of hydrogen-bond donors (Lipinski definition) is 0. The van der Waals surface area contributed by atoms with E-state index in [1.807, 2.05) is 44.2 Å². The van der Waals surface area contributed by atoms with Gasteiger partial charge in [-0.15, -0.1) is 11.6 Å². The van der Waals surface area contributed by atoms with Crippen molar-refractivity contribution in [1.82, 2.24) is 14.5 Å². The van der Waals surface area contributed by atoms with Crippen LogP contribution in [-0.4, -0.2) is 33.5 Å². The lowest BCUT2D eigenvalue weighted by atomic mass is 10.3. The Bertz CT molecular complexity index is 506. The molecule has 5 heteroatoms. The molecule has 0 aliphatic rings. The van der Waals surface area contributed by atoms with Gasteiger partial charge in [-0.1, -0.05) is 0 Å². The first-order valence-electron chi connectivity index (χ1n) is 5.71. The van der Waals surface area contributed by atoms with Crippen molar-refractivity contribution in [3.63, 3.8) is 0 Å². The van der Waals surface area contributed by atoms with Gasteiger partial charge in [-0.3, -0.25) is 0 Å². The highest BCUT2D eigenvalue weighted by Crippen LogP contribution is 2.21. The molecule has 0 radical (unpaired) electrons. The van der Waals surface area contributed by atoms with Gasteiger partial charge in [0, 0.05) is 32.2 Å². The monoisotopic (exact) mass is 252 g/mol. The van der Waals surface area contributed by atoms with Crippen molar-refractivity contribution in [3.8, 4) is 0 Å². The number of nitrogens with zero attached hydrogens (tertiary/aromatic N) is 4. The van der Waals surface area contributed by atoms with Crippen LogP contribution in [0.5, 0.6) is 0 Å². The summed E-state index contributed by atoms with van der Waals surface area (Å²) in [6.45, 7) is 2.89. The van der Waals surface area contributed by atoms with Crippen LogP contribution in [0.1, 0.15) is 13.3 Å². The van der Waals surface area contributed by atoms with Crippen LogP contribution in [0.4, 0.5) is 5.82 Å². The maximum atomic E-state index is 5.96. The van der Waals surface area contributed by atoms with Gasteiger partial charge in [-0.05, 0) is 19.4 Å². The Hall–Kier alpha value is -1.29. The Morgan fingerprint density at radius 2 is 2.24 bits per heavy atom. The van der Waals surface area contributed by atoms with Gasteiger partial charge in [0.1, 0.15) is 5.52 Å². The highest BCUT2D eigenvalue weighted by Gasteiger charge is 2.11. The molecule has 0 bridgehead atoms. The number of aryl methyl sites for hydroxylation is 1. The standard InChI is InChI=1S/C12H17ClN4/c1-9(13)5-7-16(2)12-11-10(4-6-14-12)17(3)8-15-11/h4,6,8-9H,5,7H2,1-3H3. The molecule has 0 N–H and O–H groups in total. The van der Waals surface area contributed by atoms with E-state index >= 15 is 0 Å². The summed E-state index contributed by atoms with van der Waals surface area (Å²) in [5.41, 5.74) is 2.04. The van der Waals surface area contributed by atoms with Crippen molar-refractivity contribution in [1.29, 1.82) is 0 Å². The summed E-state index contributed by atoms with van der Waals surface area (Å²) in [4.78, 5) is 10.9. The molecule has 4 nitrogen and oxygen atoms in total. The summed E-state index contributed by atoms with van der Waals surface area (Å²) >= 11 is 5.96. The van der Waals surface area contributed by atoms with E-state index in [0.29, 0.717) is 0 Å². The average Bonchev–Trinajstić information content (AvgIpc) is 2.68. The van der Waals surface area contributed by atoms with Gasteiger partial charge in [0.2, 0.25) is 0 Å². The zero-order valence-electron chi connectivity index (χ0n) is 10.4. The first-order valence-corrected chi connectivity index (χ1v) is 6.14. The number of alkyl halides is 1. The number of hydrogen-bond acceptors (Lipinski definition) is 3. The molecular weight excluding hydrogens is 236 g/mol. The Labute approximate surface area is 106 Å². The third-order valence-corrected chi connectivity index (χ3v) is 3.07. The Morgan fingerprint density at radius 3 is 2.94 bits per heavy atom. The normalized spacial score (nSPS) is 12.9. The van der Waals surface area contributed by atoms with E-state index in [4.69, 9.17) is 11.6 Å². The van der Waals surface area contributed by atoms with Gasteiger partial charge >= 0.3 is 0 Å². The lowest BCUT2D eigenvalue weighted by molar-refractivity contribution is 0.767. The summed E-state index contributed by atoms with van der Waals surface area (Å²) in [6.07, 6.45) is 4.57. The van der Waals surface area contributed by atoms with Crippen LogP contribution in [0.3, 0.4) is 0 Å². The molecule has 0 aliphatic carbocycles. The predicted octanol–water partition coefficient (Wildman–Crippen LogP) is 2.42. The Kier molecular flexibility index (Phi) is 3.52. The molecule has 0 aromatic carbocycles. The predicted molar refractivity (Wildman–Crippen MR) is 71.7 cm³/mol. The van der Waals surface area contributed by atoms with Crippen molar-refractivity contribution < 1.29 is 0 Å². The second-order valence-corrected chi connectivity index (χ2v) is 5.09. The Balaban J connectivity index is 2.28. The molecule has 2 heterocycles. The number of fused-ring (bicyclic) bond motifs is 1. The van der Waals surface area contributed by atoms with Crippen molar-refractivity contribution in [2.24, 2.45) is 7.05 Å². The minimum atomic E-state index is 0.181. The van der Waals surface area contributed by atoms with E-state index < -0.39 is 0 Å². The number of anilines is 1. The topological polar surface area (TPSA) is 34.0 Å². The van der Waals surface area contributed by atoms with E-state index in [9.17, 15) is 0 Å². The summed E-state index contributed by atoms with van der Waals surface area (Å²) in [5.74, 6) is 0.917. The van der Waals surface area contributed by atoms with Gasteiger partial charge in [0.05, 0.1) is 11.8 Å². The smallest absolute Gasteiger partial charge is 0.156 e. The van der Waals surface area contributed by atoms with Crippen LogP contribution in [0.25, 0.3) is 11.0 Å². The molecule has 2 rings (SSSR count). The SMILES string of the molecule is CC(Cl)CCN(C)c1nccc2c1ncn2C. The van der Waals surface area contributed by atoms with E-state index in [1.165, 1.54) is 0 Å². The van der Waals surface area contributed by atoms with Crippen molar-refractivity contribution in [2.75, 3.05) is 18.5 Å². The van der Waals surface area contributed by atoms with Crippen molar-refractivity contribution in [3.05, 3.63) is 18.6 Å². The van der Waals surface area contributed by atoms with Gasteiger partial charge in [0.25, 0.3) is 0 Å². The first-order chi connectivity index (χ1) is 8.09. The molecule has 0 saturated heterocycles. The largest absolute Gasteiger partial charge is 0.358 e. The number of imidazole rings is 1. The molecule has 0 fully saturated rings. The summed E-state index contributed by atoms with van der Waals surface area (Å²) in [7, 11) is 4.01. The molecule has 0 spiro atoms. The maximum Gasteiger partial charge on any atom is 0.156 e. The molecule has 2 aromatic heterocycles. The number of rotatable bonds is 4. The number of halogens is 1. The molecule has 1 unspecified atom stereocenters. The second-order valence-electron chi connectivity index (χ2n) is 4.35. The molecule has 2 aromatic rings. The lowest BCUT2D eigenvalue weighted by Gasteiger charge is -2.18. The molecule has 1 atom stereocenters. The number of aromatic nitrogens is 3. The van der Waals surface area contributed by atoms with Crippen LogP contribution in [0, 0.1) is 0 Å². The zero-order chi connectivity index (χ0) is 12.4. The summed E-state index contributed by atoms with van der Waals surface area (Å²) < 4.78 is 2.00. The minimum absolute atomic E-state index is 0.181. The summed E-state index contributed by atoms with van der Waals surface area (Å²) in [5, 5.41) is 0.181. The second kappa shape index (κ2) is 4.92. The van der Waals surface area contributed by atoms with Gasteiger partial charge in [0.15, 0.2) is 5.82 Å². The molecule has 0 saturated carbocycles. The fraction of sp³-hybridized carbons (Fsp3) is 0.500. The van der Waals surface area contributed by atoms with Crippen LogP contribution >= 0.6 is 11.6 Å². The molecule has 92 valence electrons. The van der Waals surface area contributed by atoms with Crippen molar-refractivity contribution >= 4 is 28.5 Å². The van der Waals surface area contributed by atoms with E-state index in [0.717, 1.165) is 29.8 Å². The van der Waals surface area contributed by atoms with E-state index in [-0.39, 0.29) is 5.38 Å². The van der Waals surface area contributed by atoms with Gasteiger partial charge in [-0.2, -0.15) is 0 Å². The van der Waals surface area contributed by atoms with Crippen LogP contribution < -0.4 is 4.90 Å². The van der Waals surface area contributed by atoms with Crippen molar-refractivity contribution in [2.45, 2.75) is 18.7 Å². The fourth-order valence-electron chi connectivity index (χ4n) is 1.80. The molecule has 0 aliphatic heterocycles. The number of pyridine rings is 1. The zero-order valence-corrected chi connectivity index (χ0v) is 11.1. The van der Waals surface area contributed by atoms with Crippen LogP contribution in [-0.2, 0) is 7.05 Å². The summed E-state index contributed by atoms with van der Waals surface area (Å²) in [6, 6.07) is 1.98.